The Morgan fingerprint density at radius 1 is 1.59 bits per heavy atom. The van der Waals surface area contributed by atoms with Crippen LogP contribution in [0, 0.1) is 0 Å². The summed E-state index contributed by atoms with van der Waals surface area (Å²) in [5.41, 5.74) is 0. The molecule has 0 aromatic heterocycles. The molecule has 0 radical (unpaired) electrons. The van der Waals surface area contributed by atoms with Crippen LogP contribution >= 0.6 is 0 Å². The maximum Gasteiger partial charge on any atom is 0.303 e. The topological polar surface area (TPSA) is 69.6 Å². The van der Waals surface area contributed by atoms with E-state index in [0.717, 1.165) is 25.9 Å². The summed E-state index contributed by atoms with van der Waals surface area (Å²) < 4.78 is 0. The number of rotatable bonds is 5. The van der Waals surface area contributed by atoms with Crippen molar-refractivity contribution < 1.29 is 14.7 Å². The Bertz CT molecular complexity index is 281. The van der Waals surface area contributed by atoms with Gasteiger partial charge in [-0.25, -0.2) is 0 Å². The zero-order chi connectivity index (χ0) is 12.8. The predicted octanol–water partition coefficient (Wildman–Crippen LogP) is 0.840. The van der Waals surface area contributed by atoms with E-state index in [1.54, 1.807) is 0 Å². The van der Waals surface area contributed by atoms with Crippen LogP contribution in [0.2, 0.25) is 0 Å². The van der Waals surface area contributed by atoms with Crippen LogP contribution in [0.4, 0.5) is 0 Å². The van der Waals surface area contributed by atoms with Crippen molar-refractivity contribution in [3.05, 3.63) is 0 Å². The fraction of sp³-hybridized carbons (Fsp3) is 0.833. The van der Waals surface area contributed by atoms with Gasteiger partial charge in [-0.05, 0) is 32.7 Å². The summed E-state index contributed by atoms with van der Waals surface area (Å²) in [5, 5.41) is 11.8. The fourth-order valence-electron chi connectivity index (χ4n) is 2.19. The van der Waals surface area contributed by atoms with E-state index in [4.69, 9.17) is 5.11 Å². The SMILES string of the molecule is CCCN1C(=O)C(CCC(=O)O)NCCC1C. The lowest BCUT2D eigenvalue weighted by atomic mass is 10.1. The molecule has 0 spiro atoms. The van der Waals surface area contributed by atoms with Crippen LogP contribution in [0.25, 0.3) is 0 Å². The summed E-state index contributed by atoms with van der Waals surface area (Å²) in [5.74, 6) is -0.794. The monoisotopic (exact) mass is 242 g/mol. The lowest BCUT2D eigenvalue weighted by Crippen LogP contribution is -2.46. The van der Waals surface area contributed by atoms with Crippen LogP contribution in [0.5, 0.6) is 0 Å². The number of amides is 1. The quantitative estimate of drug-likeness (QED) is 0.749. The second-order valence-electron chi connectivity index (χ2n) is 4.61. The molecule has 98 valence electrons. The van der Waals surface area contributed by atoms with Gasteiger partial charge in [0.2, 0.25) is 5.91 Å². The first-order valence-corrected chi connectivity index (χ1v) is 6.32. The third-order valence-electron chi connectivity index (χ3n) is 3.18. The van der Waals surface area contributed by atoms with E-state index in [0.29, 0.717) is 6.42 Å². The van der Waals surface area contributed by atoms with Gasteiger partial charge in [0.1, 0.15) is 0 Å². The number of hydrogen-bond acceptors (Lipinski definition) is 3. The molecular formula is C12H22N2O3. The van der Waals surface area contributed by atoms with Crippen LogP contribution in [-0.4, -0.2) is 47.1 Å². The highest BCUT2D eigenvalue weighted by Gasteiger charge is 2.29. The largest absolute Gasteiger partial charge is 0.481 e. The number of carbonyl (C=O) groups excluding carboxylic acids is 1. The first kappa shape index (κ1) is 14.0. The number of carbonyl (C=O) groups is 2. The summed E-state index contributed by atoms with van der Waals surface area (Å²) in [6.07, 6.45) is 2.27. The van der Waals surface area contributed by atoms with Crippen molar-refractivity contribution >= 4 is 11.9 Å². The molecule has 1 rings (SSSR count). The van der Waals surface area contributed by atoms with Gasteiger partial charge in [0.15, 0.2) is 0 Å². The maximum absolute atomic E-state index is 12.2. The highest BCUT2D eigenvalue weighted by atomic mass is 16.4. The highest BCUT2D eigenvalue weighted by Crippen LogP contribution is 2.13. The van der Waals surface area contributed by atoms with Gasteiger partial charge < -0.3 is 15.3 Å². The van der Waals surface area contributed by atoms with Crippen LogP contribution in [-0.2, 0) is 9.59 Å². The third kappa shape index (κ3) is 4.00. The van der Waals surface area contributed by atoms with Crippen LogP contribution < -0.4 is 5.32 Å². The van der Waals surface area contributed by atoms with Gasteiger partial charge in [-0.1, -0.05) is 6.92 Å². The molecule has 1 heterocycles. The number of nitrogens with one attached hydrogen (secondary N) is 1. The van der Waals surface area contributed by atoms with Crippen molar-refractivity contribution in [1.29, 1.82) is 0 Å². The Balaban J connectivity index is 2.64. The number of hydrogen-bond donors (Lipinski definition) is 2. The average Bonchev–Trinajstić information content (AvgIpc) is 2.40. The summed E-state index contributed by atoms with van der Waals surface area (Å²) in [6.45, 7) is 5.63. The van der Waals surface area contributed by atoms with Crippen molar-refractivity contribution in [3.8, 4) is 0 Å². The lowest BCUT2D eigenvalue weighted by molar-refractivity contribution is -0.138. The second kappa shape index (κ2) is 6.59. The van der Waals surface area contributed by atoms with Crippen molar-refractivity contribution in [2.24, 2.45) is 0 Å². The fourth-order valence-corrected chi connectivity index (χ4v) is 2.19. The van der Waals surface area contributed by atoms with Crippen LogP contribution in [0.1, 0.15) is 39.5 Å². The minimum atomic E-state index is -0.848. The Labute approximate surface area is 102 Å². The summed E-state index contributed by atoms with van der Waals surface area (Å²) in [6, 6.07) is -0.0904. The molecule has 0 aromatic carbocycles. The van der Waals surface area contributed by atoms with Crippen LogP contribution in [0.15, 0.2) is 0 Å². The molecule has 1 saturated heterocycles. The molecule has 1 aliphatic rings. The number of carboxylic acid groups (broad SMARTS) is 1. The molecular weight excluding hydrogens is 220 g/mol. The van der Waals surface area contributed by atoms with Crippen molar-refractivity contribution in [3.63, 3.8) is 0 Å². The lowest BCUT2D eigenvalue weighted by Gasteiger charge is -2.28. The smallest absolute Gasteiger partial charge is 0.303 e. The minimum absolute atomic E-state index is 0.0394. The number of aliphatic carboxylic acids is 1. The van der Waals surface area contributed by atoms with Crippen molar-refractivity contribution in [2.75, 3.05) is 13.1 Å². The molecule has 2 atom stereocenters. The zero-order valence-electron chi connectivity index (χ0n) is 10.6. The van der Waals surface area contributed by atoms with E-state index in [-0.39, 0.29) is 24.4 Å². The standard InChI is InChI=1S/C12H22N2O3/c1-3-8-14-9(2)6-7-13-10(12(14)17)4-5-11(15)16/h9-10,13H,3-8H2,1-2H3,(H,15,16). The molecule has 17 heavy (non-hydrogen) atoms. The molecule has 5 heteroatoms. The molecule has 2 N–H and O–H groups in total. The molecule has 2 unspecified atom stereocenters. The minimum Gasteiger partial charge on any atom is -0.481 e. The van der Waals surface area contributed by atoms with Gasteiger partial charge in [0.05, 0.1) is 6.04 Å². The van der Waals surface area contributed by atoms with Gasteiger partial charge in [0, 0.05) is 19.0 Å². The molecule has 0 bridgehead atoms. The van der Waals surface area contributed by atoms with E-state index < -0.39 is 5.97 Å². The first-order valence-electron chi connectivity index (χ1n) is 6.32. The highest BCUT2D eigenvalue weighted by molar-refractivity contribution is 5.83. The molecule has 1 amide bonds. The van der Waals surface area contributed by atoms with E-state index >= 15 is 0 Å². The summed E-state index contributed by atoms with van der Waals surface area (Å²) >= 11 is 0. The van der Waals surface area contributed by atoms with E-state index in [1.807, 2.05) is 11.8 Å². The summed E-state index contributed by atoms with van der Waals surface area (Å²) in [7, 11) is 0. The molecule has 1 fully saturated rings. The Hall–Kier alpha value is -1.10. The van der Waals surface area contributed by atoms with Gasteiger partial charge in [-0.2, -0.15) is 0 Å². The van der Waals surface area contributed by atoms with Crippen molar-refractivity contribution in [2.45, 2.75) is 51.6 Å². The molecule has 5 nitrogen and oxygen atoms in total. The number of nitrogens with zero attached hydrogens (tertiary/aromatic N) is 1. The Morgan fingerprint density at radius 3 is 2.88 bits per heavy atom. The predicted molar refractivity (Wildman–Crippen MR) is 64.7 cm³/mol. The Kier molecular flexibility index (Phi) is 5.41. The summed E-state index contributed by atoms with van der Waals surface area (Å²) in [4.78, 5) is 24.7. The van der Waals surface area contributed by atoms with Gasteiger partial charge in [-0.15, -0.1) is 0 Å². The first-order chi connectivity index (χ1) is 8.06. The van der Waals surface area contributed by atoms with Gasteiger partial charge >= 0.3 is 5.97 Å². The maximum atomic E-state index is 12.2. The van der Waals surface area contributed by atoms with Crippen molar-refractivity contribution in [1.82, 2.24) is 10.2 Å². The second-order valence-corrected chi connectivity index (χ2v) is 4.61. The third-order valence-corrected chi connectivity index (χ3v) is 3.18. The molecule has 0 aliphatic carbocycles. The normalized spacial score (nSPS) is 25.8. The molecule has 0 aromatic rings. The van der Waals surface area contributed by atoms with E-state index in [1.165, 1.54) is 0 Å². The Morgan fingerprint density at radius 2 is 2.29 bits per heavy atom. The average molecular weight is 242 g/mol. The van der Waals surface area contributed by atoms with E-state index in [9.17, 15) is 9.59 Å². The molecule has 1 aliphatic heterocycles. The van der Waals surface area contributed by atoms with E-state index in [2.05, 4.69) is 12.2 Å². The zero-order valence-corrected chi connectivity index (χ0v) is 10.6. The van der Waals surface area contributed by atoms with Gasteiger partial charge in [-0.3, -0.25) is 9.59 Å². The van der Waals surface area contributed by atoms with Crippen LogP contribution in [0.3, 0.4) is 0 Å². The molecule has 0 saturated carbocycles. The number of carboxylic acids is 1. The van der Waals surface area contributed by atoms with Gasteiger partial charge in [0.25, 0.3) is 0 Å².